The van der Waals surface area contributed by atoms with E-state index in [-0.39, 0.29) is 5.91 Å². The van der Waals surface area contributed by atoms with E-state index in [2.05, 4.69) is 34.0 Å². The van der Waals surface area contributed by atoms with Crippen LogP contribution in [0.15, 0.2) is 66.9 Å². The minimum Gasteiger partial charge on any atom is -0.354 e. The van der Waals surface area contributed by atoms with Crippen LogP contribution in [0.1, 0.15) is 21.5 Å². The lowest BCUT2D eigenvalue weighted by Crippen LogP contribution is -2.44. The SMILES string of the molecule is Cc1cccc(N(Cc2ccc(N3CCN(C)CC3)nc2)C(=O)c2ccc(Cl)cc2)c1. The highest BCUT2D eigenvalue weighted by molar-refractivity contribution is 6.30. The smallest absolute Gasteiger partial charge is 0.258 e. The minimum absolute atomic E-state index is 0.0644. The van der Waals surface area contributed by atoms with E-state index in [9.17, 15) is 4.79 Å². The highest BCUT2D eigenvalue weighted by Crippen LogP contribution is 2.23. The van der Waals surface area contributed by atoms with Gasteiger partial charge in [-0.25, -0.2) is 4.98 Å². The van der Waals surface area contributed by atoms with Crippen LogP contribution < -0.4 is 9.80 Å². The molecule has 1 amide bonds. The standard InChI is InChI=1S/C25H27ClN4O/c1-19-4-3-5-23(16-19)30(25(31)21-7-9-22(26)10-8-21)18-20-6-11-24(27-17-20)29-14-12-28(2)13-15-29/h3-11,16-17H,12-15,18H2,1-2H3. The number of carbonyl (C=O) groups is 1. The van der Waals surface area contributed by atoms with Crippen molar-refractivity contribution >= 4 is 29.0 Å². The third-order valence-corrected chi connectivity index (χ3v) is 5.88. The van der Waals surface area contributed by atoms with Crippen LogP contribution in [0, 0.1) is 6.92 Å². The van der Waals surface area contributed by atoms with Gasteiger partial charge >= 0.3 is 0 Å². The molecular weight excluding hydrogens is 408 g/mol. The molecule has 31 heavy (non-hydrogen) atoms. The Morgan fingerprint density at radius 3 is 2.42 bits per heavy atom. The lowest BCUT2D eigenvalue weighted by atomic mass is 10.1. The Balaban J connectivity index is 1.57. The highest BCUT2D eigenvalue weighted by Gasteiger charge is 2.20. The number of carbonyl (C=O) groups excluding carboxylic acids is 1. The number of aryl methyl sites for hydroxylation is 1. The number of amides is 1. The summed E-state index contributed by atoms with van der Waals surface area (Å²) in [6, 6.07) is 19.1. The van der Waals surface area contributed by atoms with E-state index >= 15 is 0 Å². The maximum Gasteiger partial charge on any atom is 0.258 e. The van der Waals surface area contributed by atoms with Gasteiger partial charge in [0.1, 0.15) is 5.82 Å². The summed E-state index contributed by atoms with van der Waals surface area (Å²) in [5.74, 6) is 0.924. The molecule has 0 N–H and O–H groups in total. The Hall–Kier alpha value is -2.89. The van der Waals surface area contributed by atoms with E-state index in [1.54, 1.807) is 29.2 Å². The van der Waals surface area contributed by atoms with Gasteiger partial charge in [-0.05, 0) is 67.6 Å². The summed E-state index contributed by atoms with van der Waals surface area (Å²) >= 11 is 6.01. The maximum absolute atomic E-state index is 13.4. The van der Waals surface area contributed by atoms with Gasteiger partial charge in [0.25, 0.3) is 5.91 Å². The molecule has 0 spiro atoms. The second kappa shape index (κ2) is 9.50. The molecule has 0 bridgehead atoms. The summed E-state index contributed by atoms with van der Waals surface area (Å²) in [5.41, 5.74) is 3.56. The van der Waals surface area contributed by atoms with Crippen LogP contribution in [0.2, 0.25) is 5.02 Å². The van der Waals surface area contributed by atoms with Gasteiger partial charge in [0.05, 0.1) is 6.54 Å². The van der Waals surface area contributed by atoms with E-state index in [4.69, 9.17) is 11.6 Å². The van der Waals surface area contributed by atoms with Crippen LogP contribution in [0.5, 0.6) is 0 Å². The molecule has 0 saturated carbocycles. The summed E-state index contributed by atoms with van der Waals surface area (Å²) in [6.45, 7) is 6.52. The maximum atomic E-state index is 13.4. The third kappa shape index (κ3) is 5.24. The molecule has 1 aliphatic rings. The molecule has 6 heteroatoms. The summed E-state index contributed by atoms with van der Waals surface area (Å²) in [7, 11) is 2.14. The molecule has 0 unspecified atom stereocenters. The second-order valence-corrected chi connectivity index (χ2v) is 8.49. The Labute approximate surface area is 188 Å². The van der Waals surface area contributed by atoms with E-state index in [1.807, 2.05) is 37.4 Å². The molecule has 5 nitrogen and oxygen atoms in total. The Morgan fingerprint density at radius 1 is 1.03 bits per heavy atom. The van der Waals surface area contributed by atoms with Crippen LogP contribution in [-0.4, -0.2) is 49.0 Å². The van der Waals surface area contributed by atoms with Gasteiger partial charge in [-0.1, -0.05) is 29.8 Å². The van der Waals surface area contributed by atoms with Crippen LogP contribution >= 0.6 is 11.6 Å². The molecule has 1 saturated heterocycles. The van der Waals surface area contributed by atoms with Gasteiger partial charge in [-0.2, -0.15) is 0 Å². The van der Waals surface area contributed by atoms with E-state index in [0.717, 1.165) is 48.8 Å². The number of anilines is 2. The van der Waals surface area contributed by atoms with Crippen molar-refractivity contribution in [2.75, 3.05) is 43.0 Å². The number of pyridine rings is 1. The Bertz CT molecular complexity index is 1030. The lowest BCUT2D eigenvalue weighted by Gasteiger charge is -2.33. The zero-order valence-electron chi connectivity index (χ0n) is 18.0. The predicted molar refractivity (Wildman–Crippen MR) is 127 cm³/mol. The number of benzene rings is 2. The molecule has 1 aromatic heterocycles. The van der Waals surface area contributed by atoms with Crippen molar-refractivity contribution in [2.45, 2.75) is 13.5 Å². The van der Waals surface area contributed by atoms with Gasteiger partial charge in [-0.3, -0.25) is 4.79 Å². The van der Waals surface area contributed by atoms with E-state index in [1.165, 1.54) is 0 Å². The van der Waals surface area contributed by atoms with E-state index in [0.29, 0.717) is 17.1 Å². The normalized spacial score (nSPS) is 14.5. The van der Waals surface area contributed by atoms with Crippen LogP contribution in [-0.2, 0) is 6.54 Å². The first-order valence-electron chi connectivity index (χ1n) is 10.5. The highest BCUT2D eigenvalue weighted by atomic mass is 35.5. The molecule has 3 aromatic rings. The van der Waals surface area contributed by atoms with Crippen LogP contribution in [0.4, 0.5) is 11.5 Å². The zero-order valence-corrected chi connectivity index (χ0v) is 18.7. The van der Waals surface area contributed by atoms with Gasteiger partial charge in [-0.15, -0.1) is 0 Å². The summed E-state index contributed by atoms with van der Waals surface area (Å²) in [6.07, 6.45) is 1.88. The second-order valence-electron chi connectivity index (χ2n) is 8.05. The van der Waals surface area contributed by atoms with Crippen molar-refractivity contribution in [1.82, 2.24) is 9.88 Å². The van der Waals surface area contributed by atoms with Crippen LogP contribution in [0.3, 0.4) is 0 Å². The monoisotopic (exact) mass is 434 g/mol. The van der Waals surface area contributed by atoms with Crippen molar-refractivity contribution < 1.29 is 4.79 Å². The van der Waals surface area contributed by atoms with Crippen LogP contribution in [0.25, 0.3) is 0 Å². The Morgan fingerprint density at radius 2 is 1.77 bits per heavy atom. The third-order valence-electron chi connectivity index (χ3n) is 5.63. The van der Waals surface area contributed by atoms with Gasteiger partial charge < -0.3 is 14.7 Å². The predicted octanol–water partition coefficient (Wildman–Crippen LogP) is 4.64. The summed E-state index contributed by atoms with van der Waals surface area (Å²) in [4.78, 5) is 24.5. The van der Waals surface area contributed by atoms with Crippen molar-refractivity contribution in [3.05, 3.63) is 88.6 Å². The lowest BCUT2D eigenvalue weighted by molar-refractivity contribution is 0.0985. The van der Waals surface area contributed by atoms with Crippen molar-refractivity contribution in [2.24, 2.45) is 0 Å². The fourth-order valence-corrected chi connectivity index (χ4v) is 3.87. The number of hydrogen-bond acceptors (Lipinski definition) is 4. The summed E-state index contributed by atoms with van der Waals surface area (Å²) in [5, 5.41) is 0.613. The zero-order chi connectivity index (χ0) is 21.8. The molecule has 1 fully saturated rings. The minimum atomic E-state index is -0.0644. The van der Waals surface area contributed by atoms with Gasteiger partial charge in [0.2, 0.25) is 0 Å². The average molecular weight is 435 g/mol. The first kappa shape index (κ1) is 21.3. The number of hydrogen-bond donors (Lipinski definition) is 0. The number of rotatable bonds is 5. The molecule has 1 aliphatic heterocycles. The number of piperazine rings is 1. The van der Waals surface area contributed by atoms with Crippen molar-refractivity contribution in [3.63, 3.8) is 0 Å². The largest absolute Gasteiger partial charge is 0.354 e. The molecule has 2 aromatic carbocycles. The van der Waals surface area contributed by atoms with E-state index < -0.39 is 0 Å². The topological polar surface area (TPSA) is 39.7 Å². The number of nitrogens with zero attached hydrogens (tertiary/aromatic N) is 4. The first-order chi connectivity index (χ1) is 15.0. The van der Waals surface area contributed by atoms with Gasteiger partial charge in [0.15, 0.2) is 0 Å². The van der Waals surface area contributed by atoms with Crippen molar-refractivity contribution in [1.29, 1.82) is 0 Å². The molecule has 0 aliphatic carbocycles. The molecule has 2 heterocycles. The quantitative estimate of drug-likeness (QED) is 0.586. The molecule has 0 radical (unpaired) electrons. The molecule has 0 atom stereocenters. The molecular formula is C25H27ClN4O. The molecule has 4 rings (SSSR count). The Kier molecular flexibility index (Phi) is 6.54. The average Bonchev–Trinajstić information content (AvgIpc) is 2.78. The first-order valence-corrected chi connectivity index (χ1v) is 10.9. The molecule has 160 valence electrons. The summed E-state index contributed by atoms with van der Waals surface area (Å²) < 4.78 is 0. The number of likely N-dealkylation sites (N-methyl/N-ethyl adjacent to an activating group) is 1. The number of aromatic nitrogens is 1. The van der Waals surface area contributed by atoms with Gasteiger partial charge in [0, 0.05) is 48.6 Å². The fourth-order valence-electron chi connectivity index (χ4n) is 3.74. The van der Waals surface area contributed by atoms with Crippen molar-refractivity contribution in [3.8, 4) is 0 Å². The fraction of sp³-hybridized carbons (Fsp3) is 0.280. The number of halogens is 1.